The Morgan fingerprint density at radius 3 is 2.33 bits per heavy atom. The summed E-state index contributed by atoms with van der Waals surface area (Å²) < 4.78 is 0. The molecule has 0 unspecified atom stereocenters. The maximum absolute atomic E-state index is 11.9. The molecule has 1 nitrogen and oxygen atoms in total. The van der Waals surface area contributed by atoms with E-state index < -0.39 is 0 Å². The van der Waals surface area contributed by atoms with Crippen molar-refractivity contribution in [3.8, 4) is 0 Å². The number of rotatable bonds is 0. The molecule has 2 aliphatic carbocycles. The minimum atomic E-state index is -0.213. The summed E-state index contributed by atoms with van der Waals surface area (Å²) >= 11 is 0. The molecule has 1 saturated carbocycles. The van der Waals surface area contributed by atoms with E-state index in [0.29, 0.717) is 17.6 Å². The number of allylic oxidation sites excluding steroid dienone is 2. The molecule has 0 aliphatic heterocycles. The highest BCUT2D eigenvalue weighted by molar-refractivity contribution is 5.93. The molecule has 1 heteroatoms. The Hall–Kier alpha value is -0.590. The van der Waals surface area contributed by atoms with Crippen LogP contribution in [0, 0.1) is 22.7 Å². The van der Waals surface area contributed by atoms with E-state index in [1.54, 1.807) is 0 Å². The highest BCUT2D eigenvalue weighted by Gasteiger charge is 2.63. The van der Waals surface area contributed by atoms with Gasteiger partial charge in [0.2, 0.25) is 0 Å². The first-order chi connectivity index (χ1) is 5.37. The third-order valence-corrected chi connectivity index (χ3v) is 3.55. The fraction of sp³-hybridized carbons (Fsp3) is 0.727. The summed E-state index contributed by atoms with van der Waals surface area (Å²) in [6.45, 7) is 8.39. The molecule has 2 atom stereocenters. The number of hydrogen-bond donors (Lipinski definition) is 0. The smallest absolute Gasteiger partial charge is 0.146 e. The molecular formula is C11H16O. The normalized spacial score (nSPS) is 40.8. The molecule has 0 aromatic rings. The first-order valence-electron chi connectivity index (χ1n) is 4.61. The van der Waals surface area contributed by atoms with E-state index in [0.717, 1.165) is 0 Å². The van der Waals surface area contributed by atoms with Crippen LogP contribution in [0.4, 0.5) is 0 Å². The van der Waals surface area contributed by atoms with Gasteiger partial charge in [-0.05, 0) is 25.2 Å². The molecule has 0 heterocycles. The average molecular weight is 164 g/mol. The van der Waals surface area contributed by atoms with Crippen LogP contribution in [0.3, 0.4) is 0 Å². The molecule has 0 amide bonds. The number of Topliss-reactive ketones (excluding diaryl/α,β-unsaturated/α-hetero) is 1. The fourth-order valence-corrected chi connectivity index (χ4v) is 2.36. The zero-order chi connectivity index (χ0) is 9.15. The van der Waals surface area contributed by atoms with Crippen molar-refractivity contribution >= 4 is 5.78 Å². The number of carbonyl (C=O) groups excluding carboxylic acids is 1. The van der Waals surface area contributed by atoms with E-state index in [9.17, 15) is 4.79 Å². The largest absolute Gasteiger partial charge is 0.298 e. The molecule has 2 aliphatic rings. The van der Waals surface area contributed by atoms with Crippen molar-refractivity contribution in [1.82, 2.24) is 0 Å². The van der Waals surface area contributed by atoms with Gasteiger partial charge in [-0.25, -0.2) is 0 Å². The van der Waals surface area contributed by atoms with Gasteiger partial charge < -0.3 is 0 Å². The van der Waals surface area contributed by atoms with Crippen LogP contribution < -0.4 is 0 Å². The Morgan fingerprint density at radius 1 is 1.25 bits per heavy atom. The summed E-state index contributed by atoms with van der Waals surface area (Å²) in [5, 5.41) is 0. The second-order valence-electron chi connectivity index (χ2n) is 5.27. The maximum atomic E-state index is 11.9. The molecular weight excluding hydrogens is 148 g/mol. The molecule has 0 spiro atoms. The molecule has 0 N–H and O–H groups in total. The number of ketones is 1. The zero-order valence-electron chi connectivity index (χ0n) is 8.22. The Kier molecular flexibility index (Phi) is 1.23. The van der Waals surface area contributed by atoms with E-state index in [1.807, 2.05) is 13.8 Å². The molecule has 2 rings (SSSR count). The molecule has 0 aromatic heterocycles. The predicted molar refractivity (Wildman–Crippen MR) is 48.7 cm³/mol. The minimum absolute atomic E-state index is 0.213. The summed E-state index contributed by atoms with van der Waals surface area (Å²) in [7, 11) is 0. The Labute approximate surface area is 73.8 Å². The van der Waals surface area contributed by atoms with Crippen LogP contribution in [0.2, 0.25) is 0 Å². The third-order valence-electron chi connectivity index (χ3n) is 3.55. The lowest BCUT2D eigenvalue weighted by Gasteiger charge is -2.21. The number of carbonyl (C=O) groups is 1. The molecule has 0 bridgehead atoms. The second kappa shape index (κ2) is 1.84. The molecule has 66 valence electrons. The Bertz CT molecular complexity index is 271. The van der Waals surface area contributed by atoms with Gasteiger partial charge in [0.25, 0.3) is 0 Å². The lowest BCUT2D eigenvalue weighted by atomic mass is 9.81. The van der Waals surface area contributed by atoms with Crippen LogP contribution in [0.5, 0.6) is 0 Å². The van der Waals surface area contributed by atoms with E-state index >= 15 is 0 Å². The predicted octanol–water partition coefficient (Wildman–Crippen LogP) is 2.42. The van der Waals surface area contributed by atoms with Crippen LogP contribution in [-0.4, -0.2) is 5.78 Å². The van der Waals surface area contributed by atoms with Crippen LogP contribution in [0.15, 0.2) is 12.2 Å². The van der Waals surface area contributed by atoms with Crippen LogP contribution in [-0.2, 0) is 4.79 Å². The van der Waals surface area contributed by atoms with Gasteiger partial charge in [-0.3, -0.25) is 4.79 Å². The van der Waals surface area contributed by atoms with Gasteiger partial charge in [0.15, 0.2) is 0 Å². The average Bonchev–Trinajstić information content (AvgIpc) is 2.46. The van der Waals surface area contributed by atoms with Gasteiger partial charge in [0, 0.05) is 11.3 Å². The monoisotopic (exact) mass is 164 g/mol. The summed E-state index contributed by atoms with van der Waals surface area (Å²) in [5.41, 5.74) is 0.0241. The van der Waals surface area contributed by atoms with Crippen LogP contribution >= 0.6 is 0 Å². The van der Waals surface area contributed by atoms with Crippen molar-refractivity contribution in [2.24, 2.45) is 22.7 Å². The summed E-state index contributed by atoms with van der Waals surface area (Å²) in [4.78, 5) is 11.9. The van der Waals surface area contributed by atoms with Crippen molar-refractivity contribution in [2.45, 2.75) is 27.7 Å². The molecule has 12 heavy (non-hydrogen) atoms. The Balaban J connectivity index is 2.36. The minimum Gasteiger partial charge on any atom is -0.298 e. The van der Waals surface area contributed by atoms with E-state index in [2.05, 4.69) is 26.0 Å². The number of fused-ring (bicyclic) bond motifs is 1. The van der Waals surface area contributed by atoms with Crippen molar-refractivity contribution in [3.05, 3.63) is 12.2 Å². The van der Waals surface area contributed by atoms with Crippen molar-refractivity contribution in [1.29, 1.82) is 0 Å². The lowest BCUT2D eigenvalue weighted by molar-refractivity contribution is -0.127. The van der Waals surface area contributed by atoms with Crippen molar-refractivity contribution in [2.75, 3.05) is 0 Å². The van der Waals surface area contributed by atoms with Gasteiger partial charge in [0.1, 0.15) is 5.78 Å². The topological polar surface area (TPSA) is 17.1 Å². The molecule has 0 radical (unpaired) electrons. The van der Waals surface area contributed by atoms with Gasteiger partial charge in [-0.1, -0.05) is 26.0 Å². The van der Waals surface area contributed by atoms with Gasteiger partial charge in [0.05, 0.1) is 0 Å². The van der Waals surface area contributed by atoms with Crippen LogP contribution in [0.25, 0.3) is 0 Å². The van der Waals surface area contributed by atoms with Crippen LogP contribution in [0.1, 0.15) is 27.7 Å². The van der Waals surface area contributed by atoms with E-state index in [-0.39, 0.29) is 10.8 Å². The van der Waals surface area contributed by atoms with Crippen molar-refractivity contribution < 1.29 is 4.79 Å². The van der Waals surface area contributed by atoms with Gasteiger partial charge in [-0.15, -0.1) is 0 Å². The highest BCUT2D eigenvalue weighted by atomic mass is 16.1. The summed E-state index contributed by atoms with van der Waals surface area (Å²) in [5.74, 6) is 1.26. The zero-order valence-corrected chi connectivity index (χ0v) is 8.22. The fourth-order valence-electron chi connectivity index (χ4n) is 2.36. The first-order valence-corrected chi connectivity index (χ1v) is 4.61. The SMILES string of the molecule is CC1(C)C=C[C@H]2[C@@H](C1=O)C2(C)C. The summed E-state index contributed by atoms with van der Waals surface area (Å²) in [6.07, 6.45) is 4.30. The summed E-state index contributed by atoms with van der Waals surface area (Å²) in [6, 6.07) is 0. The molecule has 0 saturated heterocycles. The number of hydrogen-bond acceptors (Lipinski definition) is 1. The second-order valence-corrected chi connectivity index (χ2v) is 5.27. The van der Waals surface area contributed by atoms with Gasteiger partial charge in [-0.2, -0.15) is 0 Å². The molecule has 0 aromatic carbocycles. The van der Waals surface area contributed by atoms with E-state index in [4.69, 9.17) is 0 Å². The lowest BCUT2D eigenvalue weighted by Crippen LogP contribution is -2.27. The Morgan fingerprint density at radius 2 is 1.83 bits per heavy atom. The van der Waals surface area contributed by atoms with Crippen molar-refractivity contribution in [3.63, 3.8) is 0 Å². The standard InChI is InChI=1S/C11H16O/c1-10(2)6-5-7-8(9(10)12)11(7,3)4/h5-8H,1-4H3/t7-,8-/m0/s1. The van der Waals surface area contributed by atoms with E-state index in [1.165, 1.54) is 0 Å². The van der Waals surface area contributed by atoms with Gasteiger partial charge >= 0.3 is 0 Å². The maximum Gasteiger partial charge on any atom is 0.146 e. The highest BCUT2D eigenvalue weighted by Crippen LogP contribution is 2.63. The quantitative estimate of drug-likeness (QED) is 0.502. The first kappa shape index (κ1) is 8.03. The third kappa shape index (κ3) is 0.769. The molecule has 1 fully saturated rings.